The Hall–Kier alpha value is -2.45. The molecule has 9 heteroatoms. The van der Waals surface area contributed by atoms with Crippen molar-refractivity contribution in [2.45, 2.75) is 0 Å². The van der Waals surface area contributed by atoms with Crippen molar-refractivity contribution in [2.24, 2.45) is 0 Å². The second-order valence-corrected chi connectivity index (χ2v) is 7.45. The maximum atomic E-state index is 12.8. The van der Waals surface area contributed by atoms with Crippen molar-refractivity contribution in [3.05, 3.63) is 64.1 Å². The van der Waals surface area contributed by atoms with Crippen LogP contribution in [0.1, 0.15) is 10.4 Å². The van der Waals surface area contributed by atoms with Crippen LogP contribution in [-0.4, -0.2) is 56.7 Å². The van der Waals surface area contributed by atoms with Gasteiger partial charge < -0.3 is 9.80 Å². The SMILES string of the molecule is O=C(c1cc(Br)ccc1Cl)N1CCN(c2ccc(-n3ccnc3)nn2)CC1. The molecule has 1 aliphatic rings. The minimum absolute atomic E-state index is 0.0533. The fourth-order valence-electron chi connectivity index (χ4n) is 2.99. The van der Waals surface area contributed by atoms with E-state index in [0.717, 1.165) is 16.1 Å². The summed E-state index contributed by atoms with van der Waals surface area (Å²) in [7, 11) is 0. The van der Waals surface area contributed by atoms with Crippen LogP contribution >= 0.6 is 27.5 Å². The molecule has 0 aliphatic carbocycles. The van der Waals surface area contributed by atoms with Crippen LogP contribution < -0.4 is 4.90 Å². The molecule has 7 nitrogen and oxygen atoms in total. The Morgan fingerprint density at radius 1 is 1.04 bits per heavy atom. The van der Waals surface area contributed by atoms with Crippen LogP contribution in [0.4, 0.5) is 5.82 Å². The second kappa shape index (κ2) is 7.66. The number of amides is 1. The molecule has 3 aromatic rings. The van der Waals surface area contributed by atoms with Gasteiger partial charge in [0.2, 0.25) is 0 Å². The lowest BCUT2D eigenvalue weighted by atomic mass is 10.2. The first-order chi connectivity index (χ1) is 13.1. The highest BCUT2D eigenvalue weighted by molar-refractivity contribution is 9.10. The Morgan fingerprint density at radius 3 is 2.44 bits per heavy atom. The Bertz CT molecular complexity index is 939. The van der Waals surface area contributed by atoms with Crippen LogP contribution in [0.3, 0.4) is 0 Å². The van der Waals surface area contributed by atoms with Crippen LogP contribution in [-0.2, 0) is 0 Å². The molecule has 1 aliphatic heterocycles. The van der Waals surface area contributed by atoms with Gasteiger partial charge in [0.1, 0.15) is 6.33 Å². The summed E-state index contributed by atoms with van der Waals surface area (Å²) in [4.78, 5) is 20.7. The number of aromatic nitrogens is 4. The van der Waals surface area contributed by atoms with E-state index in [1.165, 1.54) is 0 Å². The van der Waals surface area contributed by atoms with E-state index >= 15 is 0 Å². The number of carbonyl (C=O) groups is 1. The first-order valence-corrected chi connectivity index (χ1v) is 9.60. The highest BCUT2D eigenvalue weighted by atomic mass is 79.9. The van der Waals surface area contributed by atoms with Crippen LogP contribution in [0.15, 0.2) is 53.5 Å². The summed E-state index contributed by atoms with van der Waals surface area (Å²) in [6, 6.07) is 9.15. The molecule has 0 saturated carbocycles. The van der Waals surface area contributed by atoms with Gasteiger partial charge in [-0.15, -0.1) is 10.2 Å². The molecule has 0 atom stereocenters. The fourth-order valence-corrected chi connectivity index (χ4v) is 3.55. The van der Waals surface area contributed by atoms with Crippen molar-refractivity contribution in [3.8, 4) is 5.82 Å². The molecule has 1 amide bonds. The van der Waals surface area contributed by atoms with Crippen molar-refractivity contribution >= 4 is 39.3 Å². The van der Waals surface area contributed by atoms with Crippen LogP contribution in [0.25, 0.3) is 5.82 Å². The second-order valence-electron chi connectivity index (χ2n) is 6.12. The quantitative estimate of drug-likeness (QED) is 0.617. The smallest absolute Gasteiger partial charge is 0.255 e. The Morgan fingerprint density at radius 2 is 1.78 bits per heavy atom. The molecule has 0 radical (unpaired) electrons. The molecule has 2 aromatic heterocycles. The molecule has 1 aromatic carbocycles. The molecule has 4 rings (SSSR count). The van der Waals surface area contributed by atoms with Gasteiger partial charge >= 0.3 is 0 Å². The number of piperazine rings is 1. The summed E-state index contributed by atoms with van der Waals surface area (Å²) < 4.78 is 2.64. The van der Waals surface area contributed by atoms with Crippen molar-refractivity contribution in [2.75, 3.05) is 31.1 Å². The molecular weight excluding hydrogens is 432 g/mol. The maximum Gasteiger partial charge on any atom is 0.255 e. The first-order valence-electron chi connectivity index (χ1n) is 8.43. The van der Waals surface area contributed by atoms with E-state index in [2.05, 4.69) is 36.0 Å². The minimum atomic E-state index is -0.0533. The zero-order chi connectivity index (χ0) is 18.8. The van der Waals surface area contributed by atoms with Gasteiger partial charge in [0.05, 0.1) is 10.6 Å². The van der Waals surface area contributed by atoms with E-state index in [1.54, 1.807) is 29.2 Å². The summed E-state index contributed by atoms with van der Waals surface area (Å²) in [5.41, 5.74) is 0.518. The van der Waals surface area contributed by atoms with Gasteiger partial charge in [-0.05, 0) is 30.3 Å². The number of benzene rings is 1. The van der Waals surface area contributed by atoms with Crippen molar-refractivity contribution in [1.82, 2.24) is 24.6 Å². The molecule has 0 bridgehead atoms. The summed E-state index contributed by atoms with van der Waals surface area (Å²) in [6.45, 7) is 2.59. The van der Waals surface area contributed by atoms with Gasteiger partial charge in [-0.2, -0.15) is 0 Å². The third-order valence-electron chi connectivity index (χ3n) is 4.46. The molecule has 3 heterocycles. The largest absolute Gasteiger partial charge is 0.352 e. The van der Waals surface area contributed by atoms with E-state index in [1.807, 2.05) is 29.3 Å². The maximum absolute atomic E-state index is 12.8. The molecule has 1 saturated heterocycles. The van der Waals surface area contributed by atoms with Gasteiger partial charge in [0.15, 0.2) is 11.6 Å². The number of halogens is 2. The first kappa shape index (κ1) is 17.9. The third kappa shape index (κ3) is 3.81. The number of rotatable bonds is 3. The van der Waals surface area contributed by atoms with Crippen LogP contribution in [0, 0.1) is 0 Å². The average molecular weight is 448 g/mol. The van der Waals surface area contributed by atoms with E-state index in [4.69, 9.17) is 11.6 Å². The number of anilines is 1. The number of carbonyl (C=O) groups excluding carboxylic acids is 1. The number of hydrogen-bond donors (Lipinski definition) is 0. The van der Waals surface area contributed by atoms with E-state index < -0.39 is 0 Å². The number of nitrogens with zero attached hydrogens (tertiary/aromatic N) is 6. The summed E-state index contributed by atoms with van der Waals surface area (Å²) >= 11 is 9.58. The zero-order valence-electron chi connectivity index (χ0n) is 14.3. The van der Waals surface area contributed by atoms with E-state index in [9.17, 15) is 4.79 Å². The molecule has 0 spiro atoms. The van der Waals surface area contributed by atoms with E-state index in [0.29, 0.717) is 36.8 Å². The monoisotopic (exact) mass is 446 g/mol. The Kier molecular flexibility index (Phi) is 5.09. The predicted molar refractivity (Wildman–Crippen MR) is 106 cm³/mol. The molecule has 138 valence electrons. The predicted octanol–water partition coefficient (Wildman–Crippen LogP) is 3.04. The van der Waals surface area contributed by atoms with Crippen molar-refractivity contribution in [3.63, 3.8) is 0 Å². The molecule has 1 fully saturated rings. The topological polar surface area (TPSA) is 67.2 Å². The summed E-state index contributed by atoms with van der Waals surface area (Å²) in [5.74, 6) is 1.46. The standard InChI is InChI=1S/C18H16BrClN6O/c19-13-1-2-15(20)14(11-13)18(27)25-9-7-24(8-10-25)16-3-4-17(23-22-16)26-6-5-21-12-26/h1-6,11-12H,7-10H2. The average Bonchev–Trinajstić information content (AvgIpc) is 3.24. The van der Waals surface area contributed by atoms with Gasteiger partial charge in [0, 0.05) is 43.0 Å². The number of imidazole rings is 1. The highest BCUT2D eigenvalue weighted by Gasteiger charge is 2.24. The van der Waals surface area contributed by atoms with Gasteiger partial charge in [-0.25, -0.2) is 4.98 Å². The Labute approximate surface area is 169 Å². The van der Waals surface area contributed by atoms with Gasteiger partial charge in [-0.3, -0.25) is 9.36 Å². The number of hydrogen-bond acceptors (Lipinski definition) is 5. The lowest BCUT2D eigenvalue weighted by Crippen LogP contribution is -2.49. The van der Waals surface area contributed by atoms with Gasteiger partial charge in [-0.1, -0.05) is 27.5 Å². The third-order valence-corrected chi connectivity index (χ3v) is 5.28. The highest BCUT2D eigenvalue weighted by Crippen LogP contribution is 2.23. The molecule has 0 N–H and O–H groups in total. The fraction of sp³-hybridized carbons (Fsp3) is 0.222. The Balaban J connectivity index is 1.41. The lowest BCUT2D eigenvalue weighted by molar-refractivity contribution is 0.0746. The lowest BCUT2D eigenvalue weighted by Gasteiger charge is -2.35. The van der Waals surface area contributed by atoms with E-state index in [-0.39, 0.29) is 5.91 Å². The minimum Gasteiger partial charge on any atom is -0.352 e. The summed E-state index contributed by atoms with van der Waals surface area (Å²) in [5, 5.41) is 9.02. The molecule has 0 unspecified atom stereocenters. The summed E-state index contributed by atoms with van der Waals surface area (Å²) in [6.07, 6.45) is 5.20. The van der Waals surface area contributed by atoms with Crippen molar-refractivity contribution in [1.29, 1.82) is 0 Å². The molecular formula is C18H16BrClN6O. The normalized spacial score (nSPS) is 14.4. The van der Waals surface area contributed by atoms with Crippen molar-refractivity contribution < 1.29 is 4.79 Å². The van der Waals surface area contributed by atoms with Gasteiger partial charge in [0.25, 0.3) is 5.91 Å². The van der Waals surface area contributed by atoms with Crippen LogP contribution in [0.5, 0.6) is 0 Å². The van der Waals surface area contributed by atoms with Crippen LogP contribution in [0.2, 0.25) is 5.02 Å². The molecule has 27 heavy (non-hydrogen) atoms. The zero-order valence-corrected chi connectivity index (χ0v) is 16.6.